The Morgan fingerprint density at radius 3 is 2.65 bits per heavy atom. The summed E-state index contributed by atoms with van der Waals surface area (Å²) in [6.07, 6.45) is 2.99. The third-order valence-electron chi connectivity index (χ3n) is 2.89. The average Bonchev–Trinajstić information content (AvgIpc) is 2.87. The monoisotopic (exact) mass is 226 g/mol. The van der Waals surface area contributed by atoms with Gasteiger partial charge in [0.05, 0.1) is 29.2 Å². The van der Waals surface area contributed by atoms with Crippen LogP contribution in [0.2, 0.25) is 0 Å². The fourth-order valence-electron chi connectivity index (χ4n) is 1.53. The molecule has 17 heavy (non-hydrogen) atoms. The van der Waals surface area contributed by atoms with Crippen molar-refractivity contribution in [2.75, 3.05) is 0 Å². The second-order valence-corrected chi connectivity index (χ2v) is 4.06. The van der Waals surface area contributed by atoms with Crippen molar-refractivity contribution >= 4 is 0 Å². The molecule has 0 spiro atoms. The highest BCUT2D eigenvalue weighted by Gasteiger charge is 2.08. The first-order valence-electron chi connectivity index (χ1n) is 5.67. The predicted octanol–water partition coefficient (Wildman–Crippen LogP) is 2.65. The van der Waals surface area contributed by atoms with E-state index in [4.69, 9.17) is 5.26 Å². The van der Waals surface area contributed by atoms with Gasteiger partial charge in [-0.05, 0) is 30.7 Å². The van der Waals surface area contributed by atoms with Gasteiger partial charge in [0, 0.05) is 5.92 Å². The summed E-state index contributed by atoms with van der Waals surface area (Å²) in [5.41, 5.74) is 2.57. The molecule has 0 N–H and O–H groups in total. The van der Waals surface area contributed by atoms with Crippen LogP contribution in [0.5, 0.6) is 0 Å². The first-order chi connectivity index (χ1) is 8.24. The lowest BCUT2D eigenvalue weighted by atomic mass is 10.1. The van der Waals surface area contributed by atoms with E-state index in [9.17, 15) is 0 Å². The van der Waals surface area contributed by atoms with Gasteiger partial charge >= 0.3 is 0 Å². The molecule has 0 aliphatic rings. The Morgan fingerprint density at radius 2 is 2.06 bits per heavy atom. The van der Waals surface area contributed by atoms with Gasteiger partial charge in [-0.1, -0.05) is 19.1 Å². The molecule has 2 rings (SSSR count). The minimum absolute atomic E-state index is 0.419. The number of hydrogen-bond acceptors (Lipinski definition) is 3. The van der Waals surface area contributed by atoms with E-state index < -0.39 is 0 Å². The zero-order valence-electron chi connectivity index (χ0n) is 9.96. The molecule has 4 heteroatoms. The largest absolute Gasteiger partial charge is 0.220 e. The van der Waals surface area contributed by atoms with Crippen molar-refractivity contribution in [3.8, 4) is 11.8 Å². The summed E-state index contributed by atoms with van der Waals surface area (Å²) >= 11 is 0. The van der Waals surface area contributed by atoms with Crippen molar-refractivity contribution in [1.29, 1.82) is 5.26 Å². The van der Waals surface area contributed by atoms with E-state index in [1.807, 2.05) is 18.3 Å². The average molecular weight is 226 g/mol. The summed E-state index contributed by atoms with van der Waals surface area (Å²) in [7, 11) is 0. The molecule has 0 aliphatic heterocycles. The summed E-state index contributed by atoms with van der Waals surface area (Å²) in [5.74, 6) is 0.419. The van der Waals surface area contributed by atoms with Crippen LogP contribution in [0.3, 0.4) is 0 Å². The third-order valence-corrected chi connectivity index (χ3v) is 2.89. The molecule has 0 radical (unpaired) electrons. The van der Waals surface area contributed by atoms with Gasteiger partial charge in [0.1, 0.15) is 0 Å². The van der Waals surface area contributed by atoms with Crippen molar-refractivity contribution in [3.63, 3.8) is 0 Å². The fraction of sp³-hybridized carbons (Fsp3) is 0.308. The highest BCUT2D eigenvalue weighted by molar-refractivity contribution is 5.38. The zero-order valence-corrected chi connectivity index (χ0v) is 9.96. The van der Waals surface area contributed by atoms with Gasteiger partial charge in [-0.15, -0.1) is 5.10 Å². The van der Waals surface area contributed by atoms with Gasteiger partial charge in [0.2, 0.25) is 0 Å². The summed E-state index contributed by atoms with van der Waals surface area (Å²) in [4.78, 5) is 0. The maximum Gasteiger partial charge on any atom is 0.0991 e. The molecule has 4 nitrogen and oxygen atoms in total. The molecule has 1 aromatic carbocycles. The van der Waals surface area contributed by atoms with Crippen molar-refractivity contribution < 1.29 is 0 Å². The summed E-state index contributed by atoms with van der Waals surface area (Å²) in [6.45, 7) is 4.26. The van der Waals surface area contributed by atoms with E-state index >= 15 is 0 Å². The molecular weight excluding hydrogens is 212 g/mol. The second-order valence-electron chi connectivity index (χ2n) is 4.06. The minimum atomic E-state index is 0.419. The smallest absolute Gasteiger partial charge is 0.0991 e. The van der Waals surface area contributed by atoms with E-state index in [-0.39, 0.29) is 0 Å². The lowest BCUT2D eigenvalue weighted by Gasteiger charge is -2.01. The topological polar surface area (TPSA) is 54.5 Å². The maximum atomic E-state index is 8.72. The van der Waals surface area contributed by atoms with Gasteiger partial charge in [-0.25, -0.2) is 4.68 Å². The lowest BCUT2D eigenvalue weighted by Crippen LogP contribution is -1.94. The van der Waals surface area contributed by atoms with Gasteiger partial charge in [-0.3, -0.25) is 0 Å². The van der Waals surface area contributed by atoms with Crippen molar-refractivity contribution in [3.05, 3.63) is 41.7 Å². The molecule has 1 aromatic heterocycles. The number of hydrogen-bond donors (Lipinski definition) is 0. The quantitative estimate of drug-likeness (QED) is 0.808. The van der Waals surface area contributed by atoms with Crippen LogP contribution in [-0.4, -0.2) is 15.0 Å². The van der Waals surface area contributed by atoms with Crippen molar-refractivity contribution in [2.45, 2.75) is 26.2 Å². The highest BCUT2D eigenvalue weighted by Crippen LogP contribution is 2.16. The molecule has 0 amide bonds. The number of aromatic nitrogens is 3. The Kier molecular flexibility index (Phi) is 3.20. The Bertz CT molecular complexity index is 533. The molecule has 0 aliphatic carbocycles. The van der Waals surface area contributed by atoms with Crippen molar-refractivity contribution in [2.24, 2.45) is 0 Å². The van der Waals surface area contributed by atoms with Crippen LogP contribution in [0.25, 0.3) is 5.69 Å². The lowest BCUT2D eigenvalue weighted by molar-refractivity contribution is 0.700. The van der Waals surface area contributed by atoms with E-state index in [1.54, 1.807) is 16.8 Å². The molecular formula is C13H14N4. The molecule has 0 saturated heterocycles. The number of nitriles is 1. The zero-order chi connectivity index (χ0) is 12.3. The van der Waals surface area contributed by atoms with Crippen LogP contribution in [0.4, 0.5) is 0 Å². The van der Waals surface area contributed by atoms with Gasteiger partial charge in [0.25, 0.3) is 0 Å². The van der Waals surface area contributed by atoms with E-state index in [0.717, 1.165) is 17.8 Å². The first-order valence-corrected chi connectivity index (χ1v) is 5.67. The molecule has 0 saturated carbocycles. The van der Waals surface area contributed by atoms with E-state index in [1.165, 1.54) is 0 Å². The third kappa shape index (κ3) is 2.34. The van der Waals surface area contributed by atoms with E-state index in [0.29, 0.717) is 11.5 Å². The van der Waals surface area contributed by atoms with Crippen LogP contribution in [0.1, 0.15) is 37.4 Å². The second kappa shape index (κ2) is 4.79. The summed E-state index contributed by atoms with van der Waals surface area (Å²) in [6, 6.07) is 9.39. The van der Waals surface area contributed by atoms with Crippen LogP contribution in [0.15, 0.2) is 30.5 Å². The molecule has 86 valence electrons. The molecule has 1 heterocycles. The van der Waals surface area contributed by atoms with Crippen molar-refractivity contribution in [1.82, 2.24) is 15.0 Å². The Balaban J connectivity index is 2.28. The number of rotatable bonds is 3. The Hall–Kier alpha value is -2.15. The summed E-state index contributed by atoms with van der Waals surface area (Å²) in [5, 5.41) is 17.0. The number of benzene rings is 1. The van der Waals surface area contributed by atoms with Gasteiger partial charge in [0.15, 0.2) is 0 Å². The molecule has 2 aromatic rings. The Morgan fingerprint density at radius 1 is 1.35 bits per heavy atom. The minimum Gasteiger partial charge on any atom is -0.220 e. The molecule has 0 fully saturated rings. The SMILES string of the molecule is CCC(C)c1cn(-c2ccc(C#N)cc2)nn1. The molecule has 1 unspecified atom stereocenters. The van der Waals surface area contributed by atoms with Crippen LogP contribution in [0, 0.1) is 11.3 Å². The number of nitrogens with zero attached hydrogens (tertiary/aromatic N) is 4. The highest BCUT2D eigenvalue weighted by atomic mass is 15.4. The standard InChI is InChI=1S/C13H14N4/c1-3-10(2)13-9-17(16-15-13)12-6-4-11(8-14)5-7-12/h4-7,9-10H,3H2,1-2H3. The molecule has 1 atom stereocenters. The maximum absolute atomic E-state index is 8.72. The van der Waals surface area contributed by atoms with Crippen LogP contribution in [-0.2, 0) is 0 Å². The first kappa shape index (κ1) is 11.3. The van der Waals surface area contributed by atoms with Gasteiger partial charge < -0.3 is 0 Å². The fourth-order valence-corrected chi connectivity index (χ4v) is 1.53. The Labute approximate surface area is 101 Å². The van der Waals surface area contributed by atoms with Crippen LogP contribution < -0.4 is 0 Å². The predicted molar refractivity (Wildman–Crippen MR) is 64.8 cm³/mol. The van der Waals surface area contributed by atoms with Crippen LogP contribution >= 0.6 is 0 Å². The molecule has 0 bridgehead atoms. The summed E-state index contributed by atoms with van der Waals surface area (Å²) < 4.78 is 1.74. The normalized spacial score (nSPS) is 12.1. The van der Waals surface area contributed by atoms with E-state index in [2.05, 4.69) is 30.2 Å². The van der Waals surface area contributed by atoms with Gasteiger partial charge in [-0.2, -0.15) is 5.26 Å².